The zero-order valence-electron chi connectivity index (χ0n) is 14.4. The number of ether oxygens (including phenoxy) is 1. The number of sulfonamides is 1. The zero-order chi connectivity index (χ0) is 18.4. The third-order valence-corrected chi connectivity index (χ3v) is 6.49. The third-order valence-electron chi connectivity index (χ3n) is 4.60. The first-order chi connectivity index (χ1) is 11.7. The lowest BCUT2D eigenvalue weighted by Crippen LogP contribution is -2.50. The molecular weight excluding hydrogens is 346 g/mol. The molecule has 2 aliphatic rings. The van der Waals surface area contributed by atoms with E-state index in [9.17, 15) is 18.0 Å². The van der Waals surface area contributed by atoms with Crippen molar-refractivity contribution in [2.24, 2.45) is 0 Å². The van der Waals surface area contributed by atoms with E-state index < -0.39 is 16.1 Å². The van der Waals surface area contributed by atoms with Crippen LogP contribution in [0.25, 0.3) is 0 Å². The summed E-state index contributed by atoms with van der Waals surface area (Å²) < 4.78 is 32.6. The maximum absolute atomic E-state index is 12.9. The molecule has 1 fully saturated rings. The van der Waals surface area contributed by atoms with Crippen molar-refractivity contribution in [1.82, 2.24) is 9.21 Å². The molecule has 25 heavy (non-hydrogen) atoms. The van der Waals surface area contributed by atoms with Crippen LogP contribution in [0.3, 0.4) is 0 Å². The van der Waals surface area contributed by atoms with Crippen LogP contribution in [0, 0.1) is 0 Å². The van der Waals surface area contributed by atoms with Crippen LogP contribution in [0.1, 0.15) is 13.8 Å². The summed E-state index contributed by atoms with van der Waals surface area (Å²) in [6, 6.07) is 4.53. The van der Waals surface area contributed by atoms with Gasteiger partial charge in [-0.1, -0.05) is 0 Å². The van der Waals surface area contributed by atoms with Crippen molar-refractivity contribution in [2.75, 3.05) is 38.1 Å². The average molecular weight is 367 g/mol. The number of fused-ring (bicyclic) bond motifs is 1. The monoisotopic (exact) mass is 367 g/mol. The van der Waals surface area contributed by atoms with E-state index in [0.29, 0.717) is 24.5 Å². The molecule has 8 nitrogen and oxygen atoms in total. The van der Waals surface area contributed by atoms with Gasteiger partial charge in [-0.25, -0.2) is 8.42 Å². The molecule has 2 aliphatic heterocycles. The Hall–Kier alpha value is -2.13. The van der Waals surface area contributed by atoms with Crippen molar-refractivity contribution < 1.29 is 22.7 Å². The van der Waals surface area contributed by atoms with E-state index in [2.05, 4.69) is 0 Å². The molecule has 1 unspecified atom stereocenters. The summed E-state index contributed by atoms with van der Waals surface area (Å²) in [6.07, 6.45) is -0.598. The van der Waals surface area contributed by atoms with Gasteiger partial charge >= 0.3 is 0 Å². The average Bonchev–Trinajstić information content (AvgIpc) is 2.59. The van der Waals surface area contributed by atoms with Gasteiger partial charge in [-0.15, -0.1) is 0 Å². The predicted octanol–water partition coefficient (Wildman–Crippen LogP) is 0.283. The number of nitrogens with zero attached hydrogens (tertiary/aromatic N) is 3. The zero-order valence-corrected chi connectivity index (χ0v) is 15.2. The highest BCUT2D eigenvalue weighted by Gasteiger charge is 2.33. The highest BCUT2D eigenvalue weighted by atomic mass is 32.2. The summed E-state index contributed by atoms with van der Waals surface area (Å²) in [5, 5.41) is 0. The number of rotatable bonds is 2. The number of carbonyl (C=O) groups excluding carboxylic acids is 2. The van der Waals surface area contributed by atoms with Crippen molar-refractivity contribution in [3.63, 3.8) is 0 Å². The Morgan fingerprint density at radius 1 is 1.20 bits per heavy atom. The van der Waals surface area contributed by atoms with Crippen LogP contribution in [0.4, 0.5) is 5.69 Å². The molecule has 136 valence electrons. The second-order valence-corrected chi connectivity index (χ2v) is 8.13. The molecule has 0 aromatic heterocycles. The summed E-state index contributed by atoms with van der Waals surface area (Å²) in [6.45, 7) is 4.38. The van der Waals surface area contributed by atoms with Gasteiger partial charge < -0.3 is 14.5 Å². The van der Waals surface area contributed by atoms with Crippen LogP contribution >= 0.6 is 0 Å². The number of anilines is 1. The summed E-state index contributed by atoms with van der Waals surface area (Å²) in [7, 11) is -2.10. The molecule has 0 N–H and O–H groups in total. The molecule has 2 amide bonds. The number of piperazine rings is 1. The van der Waals surface area contributed by atoms with E-state index in [0.717, 1.165) is 0 Å². The molecule has 1 atom stereocenters. The number of hydrogen-bond donors (Lipinski definition) is 0. The van der Waals surface area contributed by atoms with Crippen LogP contribution in [-0.4, -0.2) is 68.8 Å². The molecular formula is C16H21N3O5S. The van der Waals surface area contributed by atoms with Crippen molar-refractivity contribution in [1.29, 1.82) is 0 Å². The lowest BCUT2D eigenvalue weighted by molar-refractivity contribution is -0.130. The Labute approximate surface area is 147 Å². The van der Waals surface area contributed by atoms with E-state index in [1.807, 2.05) is 0 Å². The minimum absolute atomic E-state index is 0.0581. The summed E-state index contributed by atoms with van der Waals surface area (Å²) in [4.78, 5) is 26.6. The summed E-state index contributed by atoms with van der Waals surface area (Å²) in [5.74, 6) is 0.198. The molecule has 0 spiro atoms. The van der Waals surface area contributed by atoms with Gasteiger partial charge in [0.15, 0.2) is 6.10 Å². The molecule has 1 aromatic carbocycles. The van der Waals surface area contributed by atoms with E-state index in [1.54, 1.807) is 24.9 Å². The second kappa shape index (κ2) is 6.30. The van der Waals surface area contributed by atoms with Crippen LogP contribution in [0.5, 0.6) is 5.75 Å². The van der Waals surface area contributed by atoms with E-state index in [1.165, 1.54) is 28.3 Å². The first kappa shape index (κ1) is 17.7. The molecule has 0 bridgehead atoms. The van der Waals surface area contributed by atoms with Gasteiger partial charge in [0.1, 0.15) is 5.75 Å². The fraction of sp³-hybridized carbons (Fsp3) is 0.500. The van der Waals surface area contributed by atoms with Gasteiger partial charge in [-0.3, -0.25) is 9.59 Å². The van der Waals surface area contributed by atoms with Crippen molar-refractivity contribution in [3.05, 3.63) is 18.2 Å². The standard InChI is InChI=1S/C16H21N3O5S/c1-11-16(21)17(3)14-10-13(4-5-15(14)24-11)25(22,23)19-8-6-18(7-9-19)12(2)20/h4-5,10-11H,6-9H2,1-3H3. The lowest BCUT2D eigenvalue weighted by atomic mass is 10.2. The largest absolute Gasteiger partial charge is 0.479 e. The Morgan fingerprint density at radius 3 is 2.44 bits per heavy atom. The molecule has 0 aliphatic carbocycles. The number of likely N-dealkylation sites (N-methyl/N-ethyl adjacent to an activating group) is 1. The van der Waals surface area contributed by atoms with Gasteiger partial charge in [0.25, 0.3) is 5.91 Å². The van der Waals surface area contributed by atoms with Crippen molar-refractivity contribution in [2.45, 2.75) is 24.8 Å². The maximum Gasteiger partial charge on any atom is 0.267 e. The molecule has 1 saturated heterocycles. The van der Waals surface area contributed by atoms with Crippen LogP contribution in [0.15, 0.2) is 23.1 Å². The molecule has 3 rings (SSSR count). The lowest BCUT2D eigenvalue weighted by Gasteiger charge is -2.34. The topological polar surface area (TPSA) is 87.2 Å². The fourth-order valence-corrected chi connectivity index (χ4v) is 4.49. The molecule has 0 saturated carbocycles. The summed E-state index contributed by atoms with van der Waals surface area (Å²) in [5.41, 5.74) is 0.437. The second-order valence-electron chi connectivity index (χ2n) is 6.20. The Bertz CT molecular complexity index is 815. The highest BCUT2D eigenvalue weighted by Crippen LogP contribution is 2.35. The Kier molecular flexibility index (Phi) is 4.46. The van der Waals surface area contributed by atoms with Gasteiger partial charge in [0, 0.05) is 40.2 Å². The fourth-order valence-electron chi connectivity index (χ4n) is 3.04. The van der Waals surface area contributed by atoms with Gasteiger partial charge in [-0.2, -0.15) is 4.31 Å². The quantitative estimate of drug-likeness (QED) is 0.749. The van der Waals surface area contributed by atoms with E-state index >= 15 is 0 Å². The summed E-state index contributed by atoms with van der Waals surface area (Å²) >= 11 is 0. The number of amides is 2. The number of carbonyl (C=O) groups is 2. The minimum Gasteiger partial charge on any atom is -0.479 e. The van der Waals surface area contributed by atoms with E-state index in [4.69, 9.17) is 4.74 Å². The smallest absolute Gasteiger partial charge is 0.267 e. The van der Waals surface area contributed by atoms with Crippen molar-refractivity contribution >= 4 is 27.5 Å². The SMILES string of the molecule is CC(=O)N1CCN(S(=O)(=O)c2ccc3c(c2)N(C)C(=O)C(C)O3)CC1. The van der Waals surface area contributed by atoms with Crippen LogP contribution in [-0.2, 0) is 19.6 Å². The van der Waals surface area contributed by atoms with Crippen LogP contribution < -0.4 is 9.64 Å². The van der Waals surface area contributed by atoms with Gasteiger partial charge in [0.2, 0.25) is 15.9 Å². The van der Waals surface area contributed by atoms with E-state index in [-0.39, 0.29) is 29.8 Å². The van der Waals surface area contributed by atoms with Gasteiger partial charge in [0.05, 0.1) is 10.6 Å². The highest BCUT2D eigenvalue weighted by molar-refractivity contribution is 7.89. The molecule has 2 heterocycles. The molecule has 0 radical (unpaired) electrons. The first-order valence-corrected chi connectivity index (χ1v) is 9.50. The predicted molar refractivity (Wildman–Crippen MR) is 91.0 cm³/mol. The number of hydrogen-bond acceptors (Lipinski definition) is 5. The third kappa shape index (κ3) is 3.09. The van der Waals surface area contributed by atoms with Crippen molar-refractivity contribution in [3.8, 4) is 5.75 Å². The maximum atomic E-state index is 12.9. The van der Waals surface area contributed by atoms with Crippen LogP contribution in [0.2, 0.25) is 0 Å². The normalized spacial score (nSPS) is 21.7. The Morgan fingerprint density at radius 2 is 1.84 bits per heavy atom. The number of benzene rings is 1. The molecule has 1 aromatic rings. The Balaban J connectivity index is 1.87. The molecule has 9 heteroatoms. The minimum atomic E-state index is -3.70. The van der Waals surface area contributed by atoms with Gasteiger partial charge in [-0.05, 0) is 25.1 Å². The first-order valence-electron chi connectivity index (χ1n) is 8.06.